The molecule has 2 N–H and O–H groups in total. The van der Waals surface area contributed by atoms with Gasteiger partial charge in [-0.05, 0) is 43.2 Å². The molecular formula is C18H16F2N4. The third-order valence-electron chi connectivity index (χ3n) is 3.73. The lowest BCUT2D eigenvalue weighted by Gasteiger charge is -2.12. The van der Waals surface area contributed by atoms with Crippen LogP contribution in [0.25, 0.3) is 0 Å². The van der Waals surface area contributed by atoms with E-state index in [-0.39, 0.29) is 5.69 Å². The number of aryl methyl sites for hydroxylation is 1. The monoisotopic (exact) mass is 326 g/mol. The number of rotatable bonds is 4. The van der Waals surface area contributed by atoms with E-state index in [1.54, 1.807) is 6.07 Å². The maximum Gasteiger partial charge on any atom is 0.149 e. The Balaban J connectivity index is 1.82. The molecule has 122 valence electrons. The third-order valence-corrected chi connectivity index (χ3v) is 3.73. The van der Waals surface area contributed by atoms with E-state index in [1.165, 1.54) is 24.0 Å². The van der Waals surface area contributed by atoms with Crippen LogP contribution < -0.4 is 10.6 Å². The molecular weight excluding hydrogens is 310 g/mol. The molecule has 0 radical (unpaired) electrons. The zero-order chi connectivity index (χ0) is 17.1. The molecule has 6 heteroatoms. The number of nitrogens with zero attached hydrogens (tertiary/aromatic N) is 2. The molecule has 4 nitrogen and oxygen atoms in total. The van der Waals surface area contributed by atoms with Gasteiger partial charge < -0.3 is 10.6 Å². The van der Waals surface area contributed by atoms with Crippen molar-refractivity contribution in [2.75, 3.05) is 10.6 Å². The summed E-state index contributed by atoms with van der Waals surface area (Å²) in [7, 11) is 0. The summed E-state index contributed by atoms with van der Waals surface area (Å²) in [6, 6.07) is 10.9. The Kier molecular flexibility index (Phi) is 4.37. The molecule has 0 aliphatic carbocycles. The number of hydrogen-bond donors (Lipinski definition) is 2. The minimum atomic E-state index is -0.683. The smallest absolute Gasteiger partial charge is 0.149 e. The molecule has 0 spiro atoms. The highest BCUT2D eigenvalue weighted by Crippen LogP contribution is 2.24. The maximum absolute atomic E-state index is 13.7. The molecule has 0 saturated heterocycles. The van der Waals surface area contributed by atoms with Crippen molar-refractivity contribution in [2.24, 2.45) is 0 Å². The van der Waals surface area contributed by atoms with Crippen molar-refractivity contribution in [3.63, 3.8) is 0 Å². The van der Waals surface area contributed by atoms with Gasteiger partial charge in [0.15, 0.2) is 0 Å². The Labute approximate surface area is 138 Å². The minimum Gasteiger partial charge on any atom is -0.340 e. The summed E-state index contributed by atoms with van der Waals surface area (Å²) in [6.45, 7) is 4.05. The third kappa shape index (κ3) is 3.48. The van der Waals surface area contributed by atoms with E-state index in [1.807, 2.05) is 32.0 Å². The van der Waals surface area contributed by atoms with Gasteiger partial charge in [0.2, 0.25) is 0 Å². The molecule has 3 aromatic rings. The number of aromatic nitrogens is 2. The summed E-state index contributed by atoms with van der Waals surface area (Å²) < 4.78 is 26.7. The predicted octanol–water partition coefficient (Wildman–Crippen LogP) is 4.86. The molecule has 0 bridgehead atoms. The van der Waals surface area contributed by atoms with E-state index < -0.39 is 11.6 Å². The SMILES string of the molecule is Cc1cccc(Nc2cc(Nc3ccc(F)cc3F)ncn2)c1C. The quantitative estimate of drug-likeness (QED) is 0.719. The zero-order valence-corrected chi connectivity index (χ0v) is 13.3. The van der Waals surface area contributed by atoms with Crippen LogP contribution in [-0.4, -0.2) is 9.97 Å². The second-order valence-electron chi connectivity index (χ2n) is 5.41. The van der Waals surface area contributed by atoms with Crippen molar-refractivity contribution in [1.82, 2.24) is 9.97 Å². The van der Waals surface area contributed by atoms with Gasteiger partial charge in [-0.3, -0.25) is 0 Å². The second kappa shape index (κ2) is 6.62. The number of halogens is 2. The van der Waals surface area contributed by atoms with Crippen molar-refractivity contribution in [3.05, 3.63) is 71.6 Å². The predicted molar refractivity (Wildman–Crippen MR) is 90.9 cm³/mol. The summed E-state index contributed by atoms with van der Waals surface area (Å²) in [5.74, 6) is -0.331. The molecule has 3 rings (SSSR count). The fraction of sp³-hybridized carbons (Fsp3) is 0.111. The van der Waals surface area contributed by atoms with E-state index >= 15 is 0 Å². The maximum atomic E-state index is 13.7. The van der Waals surface area contributed by atoms with E-state index in [4.69, 9.17) is 0 Å². The van der Waals surface area contributed by atoms with Crippen LogP contribution in [0.5, 0.6) is 0 Å². The van der Waals surface area contributed by atoms with Crippen LogP contribution >= 0.6 is 0 Å². The number of nitrogens with one attached hydrogen (secondary N) is 2. The summed E-state index contributed by atoms with van der Waals surface area (Å²) in [5, 5.41) is 6.04. The van der Waals surface area contributed by atoms with Gasteiger partial charge >= 0.3 is 0 Å². The second-order valence-corrected chi connectivity index (χ2v) is 5.41. The van der Waals surface area contributed by atoms with Gasteiger partial charge in [0.05, 0.1) is 5.69 Å². The van der Waals surface area contributed by atoms with Gasteiger partial charge in [-0.2, -0.15) is 0 Å². The molecule has 0 unspecified atom stereocenters. The zero-order valence-electron chi connectivity index (χ0n) is 13.3. The van der Waals surface area contributed by atoms with E-state index in [0.29, 0.717) is 11.6 Å². The van der Waals surface area contributed by atoms with Crippen LogP contribution in [0.4, 0.5) is 31.8 Å². The molecule has 1 heterocycles. The Bertz CT molecular complexity index is 881. The fourth-order valence-electron chi connectivity index (χ4n) is 2.25. The fourth-order valence-corrected chi connectivity index (χ4v) is 2.25. The van der Waals surface area contributed by atoms with Gasteiger partial charge in [-0.25, -0.2) is 18.7 Å². The van der Waals surface area contributed by atoms with Crippen LogP contribution in [0.15, 0.2) is 48.8 Å². The average Bonchev–Trinajstić information content (AvgIpc) is 2.55. The Morgan fingerprint density at radius 2 is 1.54 bits per heavy atom. The standard InChI is InChI=1S/C18H16F2N4/c1-11-4-3-5-15(12(11)2)23-17-9-18(22-10-21-17)24-16-7-6-13(19)8-14(16)20/h3-10H,1-2H3,(H2,21,22,23,24). The van der Waals surface area contributed by atoms with Crippen LogP contribution in [0, 0.1) is 25.5 Å². The summed E-state index contributed by atoms with van der Waals surface area (Å²) >= 11 is 0. The molecule has 24 heavy (non-hydrogen) atoms. The van der Waals surface area contributed by atoms with Crippen molar-refractivity contribution < 1.29 is 8.78 Å². The van der Waals surface area contributed by atoms with Crippen LogP contribution in [0.3, 0.4) is 0 Å². The first kappa shape index (κ1) is 15.9. The first-order chi connectivity index (χ1) is 11.5. The van der Waals surface area contributed by atoms with Crippen LogP contribution in [0.2, 0.25) is 0 Å². The highest BCUT2D eigenvalue weighted by atomic mass is 19.1. The van der Waals surface area contributed by atoms with Crippen molar-refractivity contribution in [3.8, 4) is 0 Å². The van der Waals surface area contributed by atoms with Crippen molar-refractivity contribution >= 4 is 23.0 Å². The van der Waals surface area contributed by atoms with Gasteiger partial charge in [0.25, 0.3) is 0 Å². The lowest BCUT2D eigenvalue weighted by Crippen LogP contribution is -2.01. The Hall–Kier alpha value is -3.02. The molecule has 0 atom stereocenters. The first-order valence-electron chi connectivity index (χ1n) is 7.40. The molecule has 0 saturated carbocycles. The van der Waals surface area contributed by atoms with Gasteiger partial charge in [0.1, 0.15) is 29.6 Å². The van der Waals surface area contributed by atoms with Crippen molar-refractivity contribution in [2.45, 2.75) is 13.8 Å². The first-order valence-corrected chi connectivity index (χ1v) is 7.40. The number of hydrogen-bond acceptors (Lipinski definition) is 4. The van der Waals surface area contributed by atoms with Crippen LogP contribution in [-0.2, 0) is 0 Å². The van der Waals surface area contributed by atoms with E-state index in [2.05, 4.69) is 20.6 Å². The summed E-state index contributed by atoms with van der Waals surface area (Å²) in [6.07, 6.45) is 1.37. The Morgan fingerprint density at radius 1 is 0.833 bits per heavy atom. The molecule has 1 aromatic heterocycles. The van der Waals surface area contributed by atoms with Gasteiger partial charge in [0, 0.05) is 17.8 Å². The lowest BCUT2D eigenvalue weighted by atomic mass is 10.1. The van der Waals surface area contributed by atoms with E-state index in [0.717, 1.165) is 17.3 Å². The average molecular weight is 326 g/mol. The summed E-state index contributed by atoms with van der Waals surface area (Å²) in [5.41, 5.74) is 3.37. The molecule has 0 aliphatic heterocycles. The largest absolute Gasteiger partial charge is 0.340 e. The highest BCUT2D eigenvalue weighted by molar-refractivity contribution is 5.65. The minimum absolute atomic E-state index is 0.146. The molecule has 2 aromatic carbocycles. The van der Waals surface area contributed by atoms with E-state index in [9.17, 15) is 8.78 Å². The lowest BCUT2D eigenvalue weighted by molar-refractivity contribution is 0.586. The summed E-state index contributed by atoms with van der Waals surface area (Å²) in [4.78, 5) is 8.22. The molecule has 0 aliphatic rings. The highest BCUT2D eigenvalue weighted by Gasteiger charge is 2.07. The Morgan fingerprint density at radius 3 is 2.25 bits per heavy atom. The van der Waals surface area contributed by atoms with Crippen molar-refractivity contribution in [1.29, 1.82) is 0 Å². The number of benzene rings is 2. The molecule has 0 amide bonds. The molecule has 0 fully saturated rings. The van der Waals surface area contributed by atoms with Crippen LogP contribution in [0.1, 0.15) is 11.1 Å². The van der Waals surface area contributed by atoms with Gasteiger partial charge in [-0.1, -0.05) is 12.1 Å². The number of anilines is 4. The topological polar surface area (TPSA) is 49.8 Å². The van der Waals surface area contributed by atoms with Gasteiger partial charge in [-0.15, -0.1) is 0 Å². The normalized spacial score (nSPS) is 10.5.